The first-order valence-corrected chi connectivity index (χ1v) is 10.1. The van der Waals surface area contributed by atoms with Crippen molar-refractivity contribution in [2.75, 3.05) is 6.54 Å². The van der Waals surface area contributed by atoms with Gasteiger partial charge in [0, 0.05) is 0 Å². The standard InChI is InChI=1S/C9H9NO4.C9H20N.H2O.O.V/c11-8(12)4-6-2-1-3-7(10-6)5-9(13)14;1-2-3-4-5-6-7-8-9-10;;;/h1-3H,4-5H2,(H,11,12)(H,13,14);10H,2-9H2,1H3;1H2;;/q;-1;;;+1/p-1. The van der Waals surface area contributed by atoms with Crippen LogP contribution in [-0.2, 0) is 42.7 Å². The summed E-state index contributed by atoms with van der Waals surface area (Å²) in [5.74, 6) is -1.96. The number of carboxylic acids is 2. The second-order valence-electron chi connectivity index (χ2n) is 5.71. The molecular weight excluding hydrogens is 391 g/mol. The number of hydrogen-bond donors (Lipinski definition) is 3. The summed E-state index contributed by atoms with van der Waals surface area (Å²) in [7, 11) is 0. The van der Waals surface area contributed by atoms with Gasteiger partial charge < -0.3 is 15.9 Å². The fraction of sp³-hybridized carbons (Fsp3) is 0.611. The van der Waals surface area contributed by atoms with Gasteiger partial charge in [-0.2, -0.15) is 6.54 Å². The zero-order chi connectivity index (χ0) is 20.9. The van der Waals surface area contributed by atoms with Crippen molar-refractivity contribution in [1.29, 1.82) is 0 Å². The summed E-state index contributed by atoms with van der Waals surface area (Å²) in [6.07, 6.45) is 8.85. The van der Waals surface area contributed by atoms with Crippen molar-refractivity contribution >= 4 is 11.9 Å². The summed E-state index contributed by atoms with van der Waals surface area (Å²) in [5, 5.41) is 17.0. The van der Waals surface area contributed by atoms with E-state index >= 15 is 0 Å². The van der Waals surface area contributed by atoms with Gasteiger partial charge in [-0.3, -0.25) is 14.6 Å². The molecule has 0 aliphatic heterocycles. The summed E-state index contributed by atoms with van der Waals surface area (Å²) in [6, 6.07) is 4.71. The van der Waals surface area contributed by atoms with E-state index in [-0.39, 0.29) is 12.8 Å². The van der Waals surface area contributed by atoms with Crippen molar-refractivity contribution in [2.45, 2.75) is 64.7 Å². The molecule has 0 amide bonds. The van der Waals surface area contributed by atoms with Crippen LogP contribution >= 0.6 is 0 Å². The van der Waals surface area contributed by atoms with E-state index in [1.54, 1.807) is 18.2 Å². The molecule has 0 aliphatic carbocycles. The number of aliphatic carboxylic acids is 2. The van der Waals surface area contributed by atoms with E-state index in [1.807, 2.05) is 0 Å². The van der Waals surface area contributed by atoms with Crippen molar-refractivity contribution in [1.82, 2.24) is 4.98 Å². The Labute approximate surface area is 167 Å². The molecule has 0 bridgehead atoms. The third kappa shape index (κ3) is 22.4. The zero-order valence-corrected chi connectivity index (χ0v) is 17.2. The number of nitrogens with zero attached hydrogens (tertiary/aromatic N) is 1. The molecule has 154 valence electrons. The van der Waals surface area contributed by atoms with Crippen LogP contribution in [0.15, 0.2) is 18.2 Å². The molecule has 9 heteroatoms. The van der Waals surface area contributed by atoms with Gasteiger partial charge in [-0.1, -0.05) is 57.9 Å². The van der Waals surface area contributed by atoms with Gasteiger partial charge in [-0.15, -0.1) is 0 Å². The molecule has 0 fully saturated rings. The van der Waals surface area contributed by atoms with E-state index in [2.05, 4.69) is 11.9 Å². The van der Waals surface area contributed by atoms with Crippen LogP contribution in [0.25, 0.3) is 5.73 Å². The first kappa shape index (κ1) is 27.6. The van der Waals surface area contributed by atoms with Crippen molar-refractivity contribution < 1.29 is 44.1 Å². The number of aromatic nitrogens is 1. The van der Waals surface area contributed by atoms with Gasteiger partial charge in [0.25, 0.3) is 0 Å². The van der Waals surface area contributed by atoms with E-state index in [0.717, 1.165) is 6.42 Å². The molecule has 0 spiro atoms. The van der Waals surface area contributed by atoms with Gasteiger partial charge in [-0.05, 0) is 12.1 Å². The van der Waals surface area contributed by atoms with E-state index in [1.165, 1.54) is 38.5 Å². The molecule has 0 atom stereocenters. The Morgan fingerprint density at radius 1 is 0.963 bits per heavy atom. The van der Waals surface area contributed by atoms with Gasteiger partial charge in [0.15, 0.2) is 0 Å². The molecule has 27 heavy (non-hydrogen) atoms. The van der Waals surface area contributed by atoms with Gasteiger partial charge in [0.1, 0.15) is 0 Å². The number of pyridine rings is 1. The first-order valence-electron chi connectivity index (χ1n) is 8.90. The Morgan fingerprint density at radius 3 is 1.74 bits per heavy atom. The van der Waals surface area contributed by atoms with Crippen LogP contribution < -0.4 is 0 Å². The summed E-state index contributed by atoms with van der Waals surface area (Å²) in [6.45, 7) is 2.86. The van der Waals surface area contributed by atoms with Gasteiger partial charge in [0.05, 0.1) is 24.2 Å². The second-order valence-corrected chi connectivity index (χ2v) is 5.97. The van der Waals surface area contributed by atoms with Crippen LogP contribution in [0.3, 0.4) is 0 Å². The Kier molecular flexibility index (Phi) is 21.2. The monoisotopic (exact) mass is 421 g/mol. The molecule has 1 aromatic heterocycles. The van der Waals surface area contributed by atoms with E-state index in [0.29, 0.717) is 17.9 Å². The fourth-order valence-electron chi connectivity index (χ4n) is 2.12. The van der Waals surface area contributed by atoms with Crippen LogP contribution in [0.4, 0.5) is 0 Å². The molecule has 0 saturated carbocycles. The minimum absolute atomic E-state index is 0.187. The molecule has 0 aromatic carbocycles. The third-order valence-corrected chi connectivity index (χ3v) is 3.31. The van der Waals surface area contributed by atoms with Crippen LogP contribution in [0.5, 0.6) is 0 Å². The molecule has 8 nitrogen and oxygen atoms in total. The number of hydrogen-bond acceptors (Lipinski definition) is 4. The first-order chi connectivity index (χ1) is 12.9. The van der Waals surface area contributed by atoms with E-state index in [4.69, 9.17) is 23.7 Å². The maximum atomic E-state index is 10.3. The van der Waals surface area contributed by atoms with Crippen molar-refractivity contribution in [3.8, 4) is 0 Å². The number of nitrogens with one attached hydrogen (secondary N) is 1. The predicted molar refractivity (Wildman–Crippen MR) is 97.0 cm³/mol. The van der Waals surface area contributed by atoms with Crippen LogP contribution in [0, 0.1) is 0 Å². The van der Waals surface area contributed by atoms with E-state index < -0.39 is 28.5 Å². The Balaban J connectivity index is 0. The zero-order valence-electron chi connectivity index (χ0n) is 15.8. The molecule has 0 radical (unpaired) electrons. The predicted octanol–water partition coefficient (Wildman–Crippen LogP) is 3.45. The summed E-state index contributed by atoms with van der Waals surface area (Å²) >= 11 is -1.56. The fourth-order valence-corrected chi connectivity index (χ4v) is 2.12. The van der Waals surface area contributed by atoms with Crippen molar-refractivity contribution in [3.63, 3.8) is 0 Å². The molecule has 0 aliphatic rings. The Bertz CT molecular complexity index is 489. The number of rotatable bonds is 11. The topological polar surface area (TPSA) is 149 Å². The van der Waals surface area contributed by atoms with Crippen LogP contribution in [-0.4, -0.2) is 37.7 Å². The molecule has 1 aromatic rings. The average Bonchev–Trinajstić information content (AvgIpc) is 2.58. The minimum atomic E-state index is -1.56. The number of carbonyl (C=O) groups is 2. The molecule has 1 heterocycles. The quantitative estimate of drug-likeness (QED) is 0.463. The van der Waals surface area contributed by atoms with Crippen molar-refractivity contribution in [2.24, 2.45) is 0 Å². The maximum absolute atomic E-state index is 10.3. The molecule has 4 N–H and O–H groups in total. The molecular formula is C18H30N2O6V-. The van der Waals surface area contributed by atoms with Gasteiger partial charge in [0.2, 0.25) is 0 Å². The molecule has 1 rings (SSSR count). The Hall–Kier alpha value is -1.61. The number of carboxylic acid groups (broad SMARTS) is 2. The Morgan fingerprint density at radius 2 is 1.37 bits per heavy atom. The summed E-state index contributed by atoms with van der Waals surface area (Å²) < 4.78 is 15.7. The molecule has 0 saturated heterocycles. The van der Waals surface area contributed by atoms with Gasteiger partial charge >= 0.3 is 36.2 Å². The molecule has 0 unspecified atom stereocenters. The normalized spacial score (nSPS) is 9.30. The second kappa shape index (κ2) is 20.7. The number of unbranched alkanes of at least 4 members (excludes halogenated alkanes) is 6. The van der Waals surface area contributed by atoms with Crippen LogP contribution in [0.1, 0.15) is 63.3 Å². The van der Waals surface area contributed by atoms with Crippen LogP contribution in [0.2, 0.25) is 0 Å². The summed E-state index contributed by atoms with van der Waals surface area (Å²) in [5.41, 5.74) is 7.66. The third-order valence-electron chi connectivity index (χ3n) is 3.31. The average molecular weight is 421 g/mol. The summed E-state index contributed by atoms with van der Waals surface area (Å²) in [4.78, 5) is 24.6. The van der Waals surface area contributed by atoms with E-state index in [9.17, 15) is 9.59 Å². The SMILES string of the molecule is CCCCCCCCC[NH-].O=C(O)Cc1cccc(CC(=O)O)n1.[O]=[V][OH]. The van der Waals surface area contributed by atoms with Gasteiger partial charge in [-0.25, -0.2) is 0 Å². The van der Waals surface area contributed by atoms with Crippen molar-refractivity contribution in [3.05, 3.63) is 35.3 Å².